The third kappa shape index (κ3) is 5.88. The summed E-state index contributed by atoms with van der Waals surface area (Å²) in [6.45, 7) is 10.5. The number of primary amides is 1. The van der Waals surface area contributed by atoms with Gasteiger partial charge in [-0.3, -0.25) is 14.5 Å². The van der Waals surface area contributed by atoms with Crippen LogP contribution in [-0.4, -0.2) is 56.1 Å². The monoisotopic (exact) mass is 285 g/mol. The number of rotatable bonds is 6. The first kappa shape index (κ1) is 16.9. The van der Waals surface area contributed by atoms with Gasteiger partial charge in [-0.25, -0.2) is 0 Å². The number of hydrogen-bond donors (Lipinski definition) is 2. The van der Waals surface area contributed by atoms with E-state index in [0.29, 0.717) is 6.54 Å². The Morgan fingerprint density at radius 1 is 1.30 bits per heavy atom. The lowest BCUT2D eigenvalue weighted by atomic mass is 9.78. The first-order chi connectivity index (χ1) is 9.30. The Morgan fingerprint density at radius 2 is 1.90 bits per heavy atom. The molecule has 0 radical (unpaired) electrons. The molecule has 0 saturated carbocycles. The second-order valence-corrected chi connectivity index (χ2v) is 6.33. The zero-order chi connectivity index (χ0) is 15.2. The quantitative estimate of drug-likeness (QED) is 0.718. The SMILES string of the molecule is CC(C)(C)[C@H](CC(N)=O)C(=O)NCCN1CCOCC1. The molecule has 1 rings (SSSR count). The lowest BCUT2D eigenvalue weighted by Crippen LogP contribution is -2.45. The molecular formula is C14H27N3O3. The highest BCUT2D eigenvalue weighted by atomic mass is 16.5. The molecule has 1 fully saturated rings. The van der Waals surface area contributed by atoms with Gasteiger partial charge in [0.15, 0.2) is 0 Å². The van der Waals surface area contributed by atoms with Gasteiger partial charge in [0, 0.05) is 32.6 Å². The van der Waals surface area contributed by atoms with Gasteiger partial charge in [0.1, 0.15) is 0 Å². The second kappa shape index (κ2) is 7.59. The van der Waals surface area contributed by atoms with Crippen molar-refractivity contribution < 1.29 is 14.3 Å². The number of hydrogen-bond acceptors (Lipinski definition) is 4. The van der Waals surface area contributed by atoms with Crippen LogP contribution in [0.15, 0.2) is 0 Å². The number of morpholine rings is 1. The van der Waals surface area contributed by atoms with Crippen molar-refractivity contribution in [3.63, 3.8) is 0 Å². The van der Waals surface area contributed by atoms with E-state index in [2.05, 4.69) is 10.2 Å². The smallest absolute Gasteiger partial charge is 0.224 e. The van der Waals surface area contributed by atoms with Gasteiger partial charge in [0.25, 0.3) is 0 Å². The maximum atomic E-state index is 12.2. The minimum absolute atomic E-state index is 0.0902. The number of nitrogens with zero attached hydrogens (tertiary/aromatic N) is 1. The summed E-state index contributed by atoms with van der Waals surface area (Å²) in [4.78, 5) is 25.6. The fourth-order valence-electron chi connectivity index (χ4n) is 2.28. The highest BCUT2D eigenvalue weighted by Gasteiger charge is 2.32. The van der Waals surface area contributed by atoms with E-state index in [1.165, 1.54) is 0 Å². The van der Waals surface area contributed by atoms with Crippen molar-refractivity contribution in [3.05, 3.63) is 0 Å². The van der Waals surface area contributed by atoms with Gasteiger partial charge < -0.3 is 15.8 Å². The van der Waals surface area contributed by atoms with Crippen molar-refractivity contribution >= 4 is 11.8 Å². The van der Waals surface area contributed by atoms with Crippen LogP contribution in [0.5, 0.6) is 0 Å². The summed E-state index contributed by atoms with van der Waals surface area (Å²) in [7, 11) is 0. The van der Waals surface area contributed by atoms with Gasteiger partial charge in [-0.2, -0.15) is 0 Å². The Hall–Kier alpha value is -1.14. The molecule has 0 bridgehead atoms. The van der Waals surface area contributed by atoms with Crippen LogP contribution in [0.25, 0.3) is 0 Å². The molecule has 6 nitrogen and oxygen atoms in total. The van der Waals surface area contributed by atoms with Gasteiger partial charge >= 0.3 is 0 Å². The van der Waals surface area contributed by atoms with Crippen molar-refractivity contribution in [2.24, 2.45) is 17.1 Å². The molecule has 3 N–H and O–H groups in total. The van der Waals surface area contributed by atoms with E-state index in [4.69, 9.17) is 10.5 Å². The number of carbonyl (C=O) groups is 2. The van der Waals surface area contributed by atoms with Crippen molar-refractivity contribution in [2.45, 2.75) is 27.2 Å². The van der Waals surface area contributed by atoms with Crippen molar-refractivity contribution in [2.75, 3.05) is 39.4 Å². The molecule has 0 unspecified atom stereocenters. The van der Waals surface area contributed by atoms with Gasteiger partial charge in [-0.1, -0.05) is 20.8 Å². The molecule has 1 heterocycles. The minimum Gasteiger partial charge on any atom is -0.379 e. The molecule has 20 heavy (non-hydrogen) atoms. The summed E-state index contributed by atoms with van der Waals surface area (Å²) in [5.41, 5.74) is 4.95. The van der Waals surface area contributed by atoms with Crippen LogP contribution >= 0.6 is 0 Å². The maximum absolute atomic E-state index is 12.2. The van der Waals surface area contributed by atoms with Crippen molar-refractivity contribution in [1.29, 1.82) is 0 Å². The van der Waals surface area contributed by atoms with Gasteiger partial charge in [0.2, 0.25) is 11.8 Å². The molecule has 1 aliphatic heterocycles. The first-order valence-electron chi connectivity index (χ1n) is 7.17. The van der Waals surface area contributed by atoms with E-state index in [1.54, 1.807) is 0 Å². The van der Waals surface area contributed by atoms with E-state index in [1.807, 2.05) is 20.8 Å². The first-order valence-corrected chi connectivity index (χ1v) is 7.17. The maximum Gasteiger partial charge on any atom is 0.224 e. The number of nitrogens with one attached hydrogen (secondary N) is 1. The molecule has 1 aliphatic rings. The van der Waals surface area contributed by atoms with Crippen LogP contribution in [0.2, 0.25) is 0 Å². The Kier molecular flexibility index (Phi) is 6.42. The number of carbonyl (C=O) groups excluding carboxylic acids is 2. The molecule has 2 amide bonds. The average Bonchev–Trinajstić information content (AvgIpc) is 2.35. The summed E-state index contributed by atoms with van der Waals surface area (Å²) >= 11 is 0. The predicted octanol–water partition coefficient (Wildman–Crippen LogP) is -0.0275. The molecular weight excluding hydrogens is 258 g/mol. The van der Waals surface area contributed by atoms with Crippen LogP contribution in [0.1, 0.15) is 27.2 Å². The number of ether oxygens (including phenoxy) is 1. The topological polar surface area (TPSA) is 84.7 Å². The molecule has 116 valence electrons. The number of amides is 2. The zero-order valence-electron chi connectivity index (χ0n) is 12.8. The zero-order valence-corrected chi connectivity index (χ0v) is 12.8. The Labute approximate surface area is 121 Å². The van der Waals surface area contributed by atoms with E-state index >= 15 is 0 Å². The fourth-order valence-corrected chi connectivity index (χ4v) is 2.28. The average molecular weight is 285 g/mol. The van der Waals surface area contributed by atoms with Crippen LogP contribution in [0, 0.1) is 11.3 Å². The van der Waals surface area contributed by atoms with E-state index in [0.717, 1.165) is 32.8 Å². The predicted molar refractivity (Wildman–Crippen MR) is 77.0 cm³/mol. The molecule has 0 spiro atoms. The van der Waals surface area contributed by atoms with E-state index < -0.39 is 5.91 Å². The molecule has 6 heteroatoms. The molecule has 0 aromatic heterocycles. The second-order valence-electron chi connectivity index (χ2n) is 6.33. The fraction of sp³-hybridized carbons (Fsp3) is 0.857. The lowest BCUT2D eigenvalue weighted by molar-refractivity contribution is -0.132. The molecule has 1 saturated heterocycles. The summed E-state index contributed by atoms with van der Waals surface area (Å²) in [5, 5.41) is 2.91. The van der Waals surface area contributed by atoms with Crippen LogP contribution in [-0.2, 0) is 14.3 Å². The largest absolute Gasteiger partial charge is 0.379 e. The van der Waals surface area contributed by atoms with Crippen molar-refractivity contribution in [1.82, 2.24) is 10.2 Å². The summed E-state index contributed by atoms with van der Waals surface area (Å²) in [5.74, 6) is -0.914. The highest BCUT2D eigenvalue weighted by molar-refractivity contribution is 5.85. The Bertz CT molecular complexity index is 333. The molecule has 1 atom stereocenters. The standard InChI is InChI=1S/C14H27N3O3/c1-14(2,3)11(10-12(15)18)13(19)16-4-5-17-6-8-20-9-7-17/h11H,4-10H2,1-3H3,(H2,15,18)(H,16,19)/t11-/m1/s1. The van der Waals surface area contributed by atoms with Crippen LogP contribution in [0.3, 0.4) is 0 Å². The molecule has 0 aromatic rings. The summed E-state index contributed by atoms with van der Waals surface area (Å²) in [6.07, 6.45) is 0.0902. The van der Waals surface area contributed by atoms with Gasteiger partial charge in [0.05, 0.1) is 19.1 Å². The molecule has 0 aliphatic carbocycles. The van der Waals surface area contributed by atoms with E-state index in [-0.39, 0.29) is 23.7 Å². The van der Waals surface area contributed by atoms with E-state index in [9.17, 15) is 9.59 Å². The Morgan fingerprint density at radius 3 is 2.40 bits per heavy atom. The van der Waals surface area contributed by atoms with Crippen LogP contribution in [0.4, 0.5) is 0 Å². The Balaban J connectivity index is 2.39. The minimum atomic E-state index is -0.437. The summed E-state index contributed by atoms with van der Waals surface area (Å²) in [6, 6.07) is 0. The highest BCUT2D eigenvalue weighted by Crippen LogP contribution is 2.28. The van der Waals surface area contributed by atoms with Crippen molar-refractivity contribution in [3.8, 4) is 0 Å². The summed E-state index contributed by atoms with van der Waals surface area (Å²) < 4.78 is 5.27. The number of nitrogens with two attached hydrogens (primary N) is 1. The normalized spacial score (nSPS) is 18.6. The third-order valence-electron chi connectivity index (χ3n) is 3.60. The third-order valence-corrected chi connectivity index (χ3v) is 3.60. The lowest BCUT2D eigenvalue weighted by Gasteiger charge is -2.30. The van der Waals surface area contributed by atoms with Gasteiger partial charge in [-0.15, -0.1) is 0 Å². The van der Waals surface area contributed by atoms with Gasteiger partial charge in [-0.05, 0) is 5.41 Å². The molecule has 0 aromatic carbocycles. The van der Waals surface area contributed by atoms with Crippen LogP contribution < -0.4 is 11.1 Å².